The van der Waals surface area contributed by atoms with E-state index < -0.39 is 17.6 Å². The first kappa shape index (κ1) is 22.1. The zero-order chi connectivity index (χ0) is 20.9. The minimum Gasteiger partial charge on any atom is -0.333 e. The van der Waals surface area contributed by atoms with Crippen molar-refractivity contribution in [2.24, 2.45) is 5.92 Å². The maximum atomic E-state index is 12.5. The molecule has 0 aromatic carbocycles. The van der Waals surface area contributed by atoms with E-state index in [2.05, 4.69) is 20.9 Å². The third kappa shape index (κ3) is 6.76. The van der Waals surface area contributed by atoms with Crippen molar-refractivity contribution in [1.82, 2.24) is 20.5 Å². The number of pyridine rings is 1. The van der Waals surface area contributed by atoms with Crippen molar-refractivity contribution in [3.8, 4) is 0 Å². The third-order valence-corrected chi connectivity index (χ3v) is 4.68. The van der Waals surface area contributed by atoms with Crippen molar-refractivity contribution in [3.05, 3.63) is 23.4 Å². The average molecular weight is 410 g/mol. The van der Waals surface area contributed by atoms with Gasteiger partial charge in [-0.05, 0) is 59.2 Å². The number of likely N-dealkylation sites (tertiary alicyclic amines) is 1. The van der Waals surface area contributed by atoms with Gasteiger partial charge in [-0.3, -0.25) is 19.8 Å². The van der Waals surface area contributed by atoms with E-state index in [-0.39, 0.29) is 17.7 Å². The molecule has 2 rings (SSSR count). The molecule has 0 bridgehead atoms. The Morgan fingerprint density at radius 1 is 1.29 bits per heavy atom. The van der Waals surface area contributed by atoms with Crippen molar-refractivity contribution < 1.29 is 14.4 Å². The number of piperidine rings is 1. The molecule has 1 aromatic rings. The topological polar surface area (TPSA) is 103 Å². The van der Waals surface area contributed by atoms with Crippen LogP contribution in [0.4, 0.5) is 10.6 Å². The molecule has 1 fully saturated rings. The second kappa shape index (κ2) is 9.34. The molecule has 3 N–H and O–H groups in total. The molecule has 1 aromatic heterocycles. The lowest BCUT2D eigenvalue weighted by molar-refractivity contribution is -0.128. The van der Waals surface area contributed by atoms with Gasteiger partial charge in [-0.2, -0.15) is 0 Å². The van der Waals surface area contributed by atoms with Gasteiger partial charge in [0.1, 0.15) is 5.82 Å². The normalized spacial score (nSPS) is 18.8. The highest BCUT2D eigenvalue weighted by Crippen LogP contribution is 2.20. The SMILES string of the molecule is CC(C(=O)NC(=O)NC(C)(C)C)N1CCCC(C(=O)Nc2ccc(Cl)cn2)C1. The molecule has 0 spiro atoms. The predicted molar refractivity (Wildman–Crippen MR) is 108 cm³/mol. The Bertz CT molecular complexity index is 717. The molecular formula is C19H28ClN5O3. The number of amides is 4. The molecule has 4 amide bonds. The highest BCUT2D eigenvalue weighted by molar-refractivity contribution is 6.30. The zero-order valence-corrected chi connectivity index (χ0v) is 17.5. The fraction of sp³-hybridized carbons (Fsp3) is 0.579. The summed E-state index contributed by atoms with van der Waals surface area (Å²) < 4.78 is 0. The Morgan fingerprint density at radius 3 is 2.61 bits per heavy atom. The number of imide groups is 1. The van der Waals surface area contributed by atoms with Crippen LogP contribution in [0.2, 0.25) is 5.02 Å². The van der Waals surface area contributed by atoms with Crippen LogP contribution in [0.5, 0.6) is 0 Å². The van der Waals surface area contributed by atoms with E-state index in [0.717, 1.165) is 12.8 Å². The molecule has 154 valence electrons. The van der Waals surface area contributed by atoms with E-state index in [1.807, 2.05) is 25.7 Å². The highest BCUT2D eigenvalue weighted by atomic mass is 35.5. The Morgan fingerprint density at radius 2 is 2.00 bits per heavy atom. The van der Waals surface area contributed by atoms with E-state index in [4.69, 9.17) is 11.6 Å². The van der Waals surface area contributed by atoms with Gasteiger partial charge in [-0.15, -0.1) is 0 Å². The van der Waals surface area contributed by atoms with Crippen LogP contribution in [0.25, 0.3) is 0 Å². The molecule has 1 saturated heterocycles. The van der Waals surface area contributed by atoms with Crippen molar-refractivity contribution >= 4 is 35.3 Å². The molecule has 28 heavy (non-hydrogen) atoms. The van der Waals surface area contributed by atoms with Gasteiger partial charge in [0, 0.05) is 18.3 Å². The maximum absolute atomic E-state index is 12.5. The summed E-state index contributed by atoms with van der Waals surface area (Å²) in [4.78, 5) is 42.9. The van der Waals surface area contributed by atoms with Gasteiger partial charge in [-0.1, -0.05) is 11.6 Å². The van der Waals surface area contributed by atoms with E-state index in [1.54, 1.807) is 19.1 Å². The van der Waals surface area contributed by atoms with Gasteiger partial charge < -0.3 is 10.6 Å². The van der Waals surface area contributed by atoms with Crippen molar-refractivity contribution in [2.75, 3.05) is 18.4 Å². The Balaban J connectivity index is 1.90. The predicted octanol–water partition coefficient (Wildman–Crippen LogP) is 2.40. The van der Waals surface area contributed by atoms with Crippen molar-refractivity contribution in [3.63, 3.8) is 0 Å². The first-order valence-electron chi connectivity index (χ1n) is 9.34. The van der Waals surface area contributed by atoms with Crippen LogP contribution in [0.15, 0.2) is 18.3 Å². The zero-order valence-electron chi connectivity index (χ0n) is 16.7. The fourth-order valence-electron chi connectivity index (χ4n) is 3.00. The summed E-state index contributed by atoms with van der Waals surface area (Å²) in [5.74, 6) is -0.346. The summed E-state index contributed by atoms with van der Waals surface area (Å²) in [7, 11) is 0. The van der Waals surface area contributed by atoms with Crippen LogP contribution in [0, 0.1) is 5.92 Å². The largest absolute Gasteiger partial charge is 0.333 e. The number of hydrogen-bond donors (Lipinski definition) is 3. The second-order valence-electron chi connectivity index (χ2n) is 8.05. The van der Waals surface area contributed by atoms with E-state index in [0.29, 0.717) is 23.9 Å². The molecule has 1 aliphatic rings. The smallest absolute Gasteiger partial charge is 0.321 e. The van der Waals surface area contributed by atoms with E-state index >= 15 is 0 Å². The lowest BCUT2D eigenvalue weighted by Gasteiger charge is -2.35. The maximum Gasteiger partial charge on any atom is 0.321 e. The fourth-order valence-corrected chi connectivity index (χ4v) is 3.12. The lowest BCUT2D eigenvalue weighted by atomic mass is 9.96. The van der Waals surface area contributed by atoms with Crippen LogP contribution in [-0.4, -0.2) is 52.4 Å². The van der Waals surface area contributed by atoms with E-state index in [1.165, 1.54) is 6.20 Å². The first-order chi connectivity index (χ1) is 13.0. The van der Waals surface area contributed by atoms with Crippen LogP contribution in [0.3, 0.4) is 0 Å². The Hall–Kier alpha value is -2.19. The molecule has 0 saturated carbocycles. The monoisotopic (exact) mass is 409 g/mol. The van der Waals surface area contributed by atoms with Gasteiger partial charge >= 0.3 is 6.03 Å². The van der Waals surface area contributed by atoms with Gasteiger partial charge in [-0.25, -0.2) is 9.78 Å². The number of hydrogen-bond acceptors (Lipinski definition) is 5. The molecule has 2 heterocycles. The number of halogens is 1. The van der Waals surface area contributed by atoms with Gasteiger partial charge in [0.2, 0.25) is 11.8 Å². The number of rotatable bonds is 4. The minimum atomic E-state index is -0.524. The summed E-state index contributed by atoms with van der Waals surface area (Å²) in [5.41, 5.74) is -0.433. The minimum absolute atomic E-state index is 0.141. The summed E-state index contributed by atoms with van der Waals surface area (Å²) in [6.45, 7) is 8.38. The first-order valence-corrected chi connectivity index (χ1v) is 9.72. The number of aromatic nitrogens is 1. The molecule has 0 aliphatic carbocycles. The number of anilines is 1. The Labute approximate surface area is 170 Å². The number of carbonyl (C=O) groups is 3. The number of nitrogens with one attached hydrogen (secondary N) is 3. The molecular weight excluding hydrogens is 382 g/mol. The quantitative estimate of drug-likeness (QED) is 0.708. The van der Waals surface area contributed by atoms with Gasteiger partial charge in [0.25, 0.3) is 0 Å². The van der Waals surface area contributed by atoms with Crippen molar-refractivity contribution in [1.29, 1.82) is 0 Å². The van der Waals surface area contributed by atoms with Gasteiger partial charge in [0.05, 0.1) is 17.0 Å². The number of carbonyl (C=O) groups excluding carboxylic acids is 3. The summed E-state index contributed by atoms with van der Waals surface area (Å²) in [6.07, 6.45) is 2.99. The van der Waals surface area contributed by atoms with E-state index in [9.17, 15) is 14.4 Å². The van der Waals surface area contributed by atoms with Gasteiger partial charge in [0.15, 0.2) is 0 Å². The standard InChI is InChI=1S/C19H28ClN5O3/c1-12(16(26)23-18(28)24-19(2,3)4)25-9-5-6-13(11-25)17(27)22-15-8-7-14(20)10-21-15/h7-8,10,12-13H,5-6,9,11H2,1-4H3,(H,21,22,27)(H2,23,24,26,28). The van der Waals surface area contributed by atoms with Crippen molar-refractivity contribution in [2.45, 2.75) is 52.1 Å². The van der Waals surface area contributed by atoms with Crippen LogP contribution < -0.4 is 16.0 Å². The molecule has 0 radical (unpaired) electrons. The Kier molecular flexibility index (Phi) is 7.37. The second-order valence-corrected chi connectivity index (χ2v) is 8.49. The molecule has 2 unspecified atom stereocenters. The summed E-state index contributed by atoms with van der Waals surface area (Å²) >= 11 is 5.80. The summed E-state index contributed by atoms with van der Waals surface area (Å²) in [6, 6.07) is 2.26. The van der Waals surface area contributed by atoms with Crippen LogP contribution in [0.1, 0.15) is 40.5 Å². The lowest BCUT2D eigenvalue weighted by Crippen LogP contribution is -2.55. The number of urea groups is 1. The summed E-state index contributed by atoms with van der Waals surface area (Å²) in [5, 5.41) is 8.35. The third-order valence-electron chi connectivity index (χ3n) is 4.45. The molecule has 2 atom stereocenters. The molecule has 1 aliphatic heterocycles. The molecule has 9 heteroatoms. The van der Waals surface area contributed by atoms with Crippen LogP contribution in [-0.2, 0) is 9.59 Å². The molecule has 8 nitrogen and oxygen atoms in total. The average Bonchev–Trinajstić information content (AvgIpc) is 2.61. The highest BCUT2D eigenvalue weighted by Gasteiger charge is 2.31. The number of nitrogens with zero attached hydrogens (tertiary/aromatic N) is 2. The van der Waals surface area contributed by atoms with Crippen LogP contribution >= 0.6 is 11.6 Å².